The van der Waals surface area contributed by atoms with Crippen LogP contribution in [0.5, 0.6) is 0 Å². The fraction of sp³-hybridized carbons (Fsp3) is 0.632. The van der Waals surface area contributed by atoms with Gasteiger partial charge in [0.25, 0.3) is 0 Å². The highest BCUT2D eigenvalue weighted by molar-refractivity contribution is 5.74. The number of ether oxygens (including phenoxy) is 1. The molecule has 4 heteroatoms. The molecular formula is C19H28N2O2. The van der Waals surface area contributed by atoms with Crippen LogP contribution >= 0.6 is 0 Å². The molecule has 2 fully saturated rings. The first kappa shape index (κ1) is 16.3. The highest BCUT2D eigenvalue weighted by Crippen LogP contribution is 2.48. The lowest BCUT2D eigenvalue weighted by Crippen LogP contribution is -2.49. The Hall–Kier alpha value is -1.55. The van der Waals surface area contributed by atoms with Crippen molar-refractivity contribution in [3.05, 3.63) is 35.4 Å². The summed E-state index contributed by atoms with van der Waals surface area (Å²) in [5.41, 5.74) is 2.71. The SMILES string of the molecule is Cc1ccccc1C1(CNC(=O)NC2CCOC(C)(C)C2)CC1. The van der Waals surface area contributed by atoms with Crippen LogP contribution < -0.4 is 10.6 Å². The van der Waals surface area contributed by atoms with E-state index in [9.17, 15) is 4.79 Å². The number of benzene rings is 1. The van der Waals surface area contributed by atoms with Crippen molar-refractivity contribution in [2.24, 2.45) is 0 Å². The number of carbonyl (C=O) groups excluding carboxylic acids is 1. The molecule has 1 aliphatic heterocycles. The minimum absolute atomic E-state index is 0.0486. The summed E-state index contributed by atoms with van der Waals surface area (Å²) in [5.74, 6) is 0. The van der Waals surface area contributed by atoms with E-state index in [0.29, 0.717) is 6.61 Å². The number of amides is 2. The molecule has 0 bridgehead atoms. The van der Waals surface area contributed by atoms with Crippen LogP contribution in [-0.4, -0.2) is 30.8 Å². The summed E-state index contributed by atoms with van der Waals surface area (Å²) in [6, 6.07) is 8.66. The molecule has 2 N–H and O–H groups in total. The first-order chi connectivity index (χ1) is 10.9. The summed E-state index contributed by atoms with van der Waals surface area (Å²) in [4.78, 5) is 12.2. The van der Waals surface area contributed by atoms with Gasteiger partial charge in [-0.15, -0.1) is 0 Å². The largest absolute Gasteiger partial charge is 0.375 e. The Kier molecular flexibility index (Phi) is 4.37. The molecule has 1 aromatic rings. The van der Waals surface area contributed by atoms with Crippen molar-refractivity contribution in [3.63, 3.8) is 0 Å². The first-order valence-corrected chi connectivity index (χ1v) is 8.65. The van der Waals surface area contributed by atoms with Crippen LogP contribution in [0.15, 0.2) is 24.3 Å². The second-order valence-corrected chi connectivity index (χ2v) is 7.72. The average Bonchev–Trinajstić information content (AvgIpc) is 3.26. The van der Waals surface area contributed by atoms with Gasteiger partial charge in [0.05, 0.1) is 5.60 Å². The van der Waals surface area contributed by atoms with Gasteiger partial charge in [0.2, 0.25) is 0 Å². The van der Waals surface area contributed by atoms with Crippen molar-refractivity contribution in [3.8, 4) is 0 Å². The minimum Gasteiger partial charge on any atom is -0.375 e. The maximum absolute atomic E-state index is 12.2. The monoisotopic (exact) mass is 316 g/mol. The van der Waals surface area contributed by atoms with Gasteiger partial charge in [-0.25, -0.2) is 4.79 Å². The fourth-order valence-corrected chi connectivity index (χ4v) is 3.70. The molecule has 1 atom stereocenters. The molecule has 1 saturated heterocycles. The van der Waals surface area contributed by atoms with Crippen LogP contribution in [0.4, 0.5) is 4.79 Å². The van der Waals surface area contributed by atoms with E-state index < -0.39 is 0 Å². The van der Waals surface area contributed by atoms with Crippen LogP contribution in [-0.2, 0) is 10.2 Å². The van der Waals surface area contributed by atoms with Crippen molar-refractivity contribution in [1.29, 1.82) is 0 Å². The van der Waals surface area contributed by atoms with Gasteiger partial charge in [-0.1, -0.05) is 24.3 Å². The summed E-state index contributed by atoms with van der Waals surface area (Å²) in [6.45, 7) is 7.74. The van der Waals surface area contributed by atoms with Gasteiger partial charge < -0.3 is 15.4 Å². The van der Waals surface area contributed by atoms with E-state index in [1.54, 1.807) is 0 Å². The van der Waals surface area contributed by atoms with E-state index in [0.717, 1.165) is 32.2 Å². The zero-order chi connectivity index (χ0) is 16.5. The van der Waals surface area contributed by atoms with Crippen molar-refractivity contribution in [2.75, 3.05) is 13.2 Å². The molecule has 1 saturated carbocycles. The van der Waals surface area contributed by atoms with E-state index in [1.165, 1.54) is 11.1 Å². The lowest BCUT2D eigenvalue weighted by Gasteiger charge is -2.35. The third-order valence-electron chi connectivity index (χ3n) is 5.19. The number of rotatable bonds is 4. The van der Waals surface area contributed by atoms with Crippen LogP contribution in [0, 0.1) is 6.92 Å². The topological polar surface area (TPSA) is 50.4 Å². The van der Waals surface area contributed by atoms with Gasteiger partial charge in [0, 0.05) is 24.6 Å². The van der Waals surface area contributed by atoms with E-state index in [1.807, 2.05) is 0 Å². The molecule has 1 unspecified atom stereocenters. The first-order valence-electron chi connectivity index (χ1n) is 8.65. The molecule has 0 aromatic heterocycles. The average molecular weight is 316 g/mol. The third-order valence-corrected chi connectivity index (χ3v) is 5.19. The van der Waals surface area contributed by atoms with E-state index >= 15 is 0 Å². The van der Waals surface area contributed by atoms with Crippen LogP contribution in [0.25, 0.3) is 0 Å². The third kappa shape index (κ3) is 3.86. The van der Waals surface area contributed by atoms with Gasteiger partial charge in [-0.05, 0) is 57.6 Å². The molecule has 2 amide bonds. The van der Waals surface area contributed by atoms with Crippen molar-refractivity contribution >= 4 is 6.03 Å². The Morgan fingerprint density at radius 1 is 1.30 bits per heavy atom. The molecular weight excluding hydrogens is 288 g/mol. The van der Waals surface area contributed by atoms with Crippen molar-refractivity contribution < 1.29 is 9.53 Å². The zero-order valence-corrected chi connectivity index (χ0v) is 14.4. The Labute approximate surface area is 139 Å². The van der Waals surface area contributed by atoms with Gasteiger partial charge in [0.15, 0.2) is 0 Å². The lowest BCUT2D eigenvalue weighted by atomic mass is 9.92. The molecule has 0 radical (unpaired) electrons. The molecule has 126 valence electrons. The number of hydrogen-bond acceptors (Lipinski definition) is 2. The van der Waals surface area contributed by atoms with Crippen LogP contribution in [0.3, 0.4) is 0 Å². The van der Waals surface area contributed by atoms with E-state index in [4.69, 9.17) is 4.74 Å². The highest BCUT2D eigenvalue weighted by Gasteiger charge is 2.45. The molecule has 3 rings (SSSR count). The second-order valence-electron chi connectivity index (χ2n) is 7.72. The summed E-state index contributed by atoms with van der Waals surface area (Å²) >= 11 is 0. The Morgan fingerprint density at radius 3 is 2.70 bits per heavy atom. The molecule has 1 heterocycles. The van der Waals surface area contributed by atoms with Crippen molar-refractivity contribution in [1.82, 2.24) is 10.6 Å². The lowest BCUT2D eigenvalue weighted by molar-refractivity contribution is -0.0611. The van der Waals surface area contributed by atoms with Crippen LogP contribution in [0.1, 0.15) is 50.7 Å². The minimum atomic E-state index is -0.144. The molecule has 1 aromatic carbocycles. The summed E-state index contributed by atoms with van der Waals surface area (Å²) in [6.07, 6.45) is 4.06. The quantitative estimate of drug-likeness (QED) is 0.895. The smallest absolute Gasteiger partial charge is 0.315 e. The molecule has 1 aliphatic carbocycles. The number of nitrogens with one attached hydrogen (secondary N) is 2. The number of urea groups is 1. The summed E-state index contributed by atoms with van der Waals surface area (Å²) in [7, 11) is 0. The van der Waals surface area contributed by atoms with Gasteiger partial charge in [-0.3, -0.25) is 0 Å². The normalized spacial score (nSPS) is 24.7. The number of hydrogen-bond donors (Lipinski definition) is 2. The fourth-order valence-electron chi connectivity index (χ4n) is 3.70. The highest BCUT2D eigenvalue weighted by atomic mass is 16.5. The number of aryl methyl sites for hydroxylation is 1. The predicted molar refractivity (Wildman–Crippen MR) is 91.7 cm³/mol. The Balaban J connectivity index is 1.52. The van der Waals surface area contributed by atoms with E-state index in [2.05, 4.69) is 55.7 Å². The predicted octanol–water partition coefficient (Wildman–Crippen LogP) is 3.28. The molecule has 23 heavy (non-hydrogen) atoms. The summed E-state index contributed by atoms with van der Waals surface area (Å²) in [5, 5.41) is 6.21. The standard InChI is InChI=1S/C19H28N2O2/c1-14-6-4-5-7-16(14)19(9-10-19)13-20-17(22)21-15-8-11-23-18(2,3)12-15/h4-7,15H,8-13H2,1-3H3,(H2,20,21,22). The maximum Gasteiger partial charge on any atom is 0.315 e. The van der Waals surface area contributed by atoms with Crippen molar-refractivity contribution in [2.45, 2.75) is 63.5 Å². The molecule has 0 spiro atoms. The zero-order valence-electron chi connectivity index (χ0n) is 14.4. The second kappa shape index (κ2) is 6.16. The molecule has 2 aliphatic rings. The van der Waals surface area contributed by atoms with E-state index in [-0.39, 0.29) is 23.1 Å². The maximum atomic E-state index is 12.2. The molecule has 4 nitrogen and oxygen atoms in total. The van der Waals surface area contributed by atoms with Gasteiger partial charge in [0.1, 0.15) is 0 Å². The summed E-state index contributed by atoms with van der Waals surface area (Å²) < 4.78 is 5.70. The van der Waals surface area contributed by atoms with Gasteiger partial charge >= 0.3 is 6.03 Å². The van der Waals surface area contributed by atoms with Gasteiger partial charge in [-0.2, -0.15) is 0 Å². The Morgan fingerprint density at radius 2 is 2.04 bits per heavy atom. The number of carbonyl (C=O) groups is 1. The Bertz CT molecular complexity index is 578. The van der Waals surface area contributed by atoms with Crippen LogP contribution in [0.2, 0.25) is 0 Å².